The molecular weight excluding hydrogens is 328 g/mol. The van der Waals surface area contributed by atoms with Crippen LogP contribution in [0.3, 0.4) is 0 Å². The van der Waals surface area contributed by atoms with Gasteiger partial charge in [0.2, 0.25) is 5.78 Å². The minimum Gasteiger partial charge on any atom is -0.290 e. The van der Waals surface area contributed by atoms with Gasteiger partial charge >= 0.3 is 5.69 Å². The Morgan fingerprint density at radius 1 is 1.12 bits per heavy atom. The molecule has 1 aromatic carbocycles. The first kappa shape index (κ1) is 18.1. The highest BCUT2D eigenvalue weighted by atomic mass is 16.2. The van der Waals surface area contributed by atoms with Crippen LogP contribution in [0.1, 0.15) is 52.5 Å². The summed E-state index contributed by atoms with van der Waals surface area (Å²) in [6.07, 6.45) is 6.33. The number of hydrogen-bond acceptors (Lipinski definition) is 3. The number of H-pyrrole nitrogens is 1. The summed E-state index contributed by atoms with van der Waals surface area (Å²) in [6.45, 7) is 6.12. The van der Waals surface area contributed by atoms with Crippen molar-refractivity contribution in [3.63, 3.8) is 0 Å². The van der Waals surface area contributed by atoms with Crippen LogP contribution in [0.4, 0.5) is 0 Å². The van der Waals surface area contributed by atoms with Gasteiger partial charge in [0.05, 0.1) is 0 Å². The maximum atomic E-state index is 13.3. The van der Waals surface area contributed by atoms with E-state index < -0.39 is 11.2 Å². The first-order chi connectivity index (χ1) is 12.4. The molecule has 0 spiro atoms. The molecule has 0 unspecified atom stereocenters. The van der Waals surface area contributed by atoms with Crippen LogP contribution in [0.25, 0.3) is 0 Å². The van der Waals surface area contributed by atoms with Crippen molar-refractivity contribution in [2.45, 2.75) is 46.6 Å². The van der Waals surface area contributed by atoms with E-state index in [0.717, 1.165) is 24.0 Å². The molecule has 26 heavy (non-hydrogen) atoms. The predicted molar refractivity (Wildman–Crippen MR) is 102 cm³/mol. The Bertz CT molecular complexity index is 967. The summed E-state index contributed by atoms with van der Waals surface area (Å²) in [5.41, 5.74) is 2.10. The third kappa shape index (κ3) is 3.47. The first-order valence-electron chi connectivity index (χ1n) is 9.04. The lowest BCUT2D eigenvalue weighted by molar-refractivity contribution is 0.102. The van der Waals surface area contributed by atoms with Crippen molar-refractivity contribution >= 4 is 5.78 Å². The van der Waals surface area contributed by atoms with Crippen molar-refractivity contribution < 1.29 is 4.79 Å². The second-order valence-electron chi connectivity index (χ2n) is 7.06. The van der Waals surface area contributed by atoms with E-state index in [1.807, 2.05) is 39.0 Å². The molecule has 136 valence electrons. The Morgan fingerprint density at radius 2 is 1.73 bits per heavy atom. The maximum absolute atomic E-state index is 13.3. The number of ketones is 1. The van der Waals surface area contributed by atoms with E-state index in [0.29, 0.717) is 24.1 Å². The Balaban J connectivity index is 2.18. The summed E-state index contributed by atoms with van der Waals surface area (Å²) in [7, 11) is 0. The lowest BCUT2D eigenvalue weighted by atomic mass is 9.98. The van der Waals surface area contributed by atoms with Crippen molar-refractivity contribution in [2.24, 2.45) is 5.92 Å². The Kier molecular flexibility index (Phi) is 5.07. The summed E-state index contributed by atoms with van der Waals surface area (Å²) in [6, 6.07) is 5.61. The fraction of sp³-hybridized carbons (Fsp3) is 0.381. The van der Waals surface area contributed by atoms with E-state index in [1.165, 1.54) is 4.57 Å². The van der Waals surface area contributed by atoms with E-state index in [2.05, 4.69) is 17.1 Å². The van der Waals surface area contributed by atoms with Gasteiger partial charge in [-0.25, -0.2) is 4.79 Å². The summed E-state index contributed by atoms with van der Waals surface area (Å²) in [5, 5.41) is 0. The minimum atomic E-state index is -0.508. The normalized spacial score (nSPS) is 14.1. The van der Waals surface area contributed by atoms with Crippen LogP contribution in [-0.4, -0.2) is 15.3 Å². The third-order valence-corrected chi connectivity index (χ3v) is 4.89. The van der Waals surface area contributed by atoms with Crippen molar-refractivity contribution in [2.75, 3.05) is 0 Å². The topological polar surface area (TPSA) is 71.9 Å². The van der Waals surface area contributed by atoms with Gasteiger partial charge in [0, 0.05) is 17.7 Å². The number of nitrogens with zero attached hydrogens (tertiary/aromatic N) is 1. The Labute approximate surface area is 152 Å². The zero-order valence-corrected chi connectivity index (χ0v) is 15.5. The SMILES string of the molecule is CCc1c(C(=O)c2cc(C)cc(C)c2)n(CC2CC=CC2)c(=O)[nH]c1=O. The van der Waals surface area contributed by atoms with Gasteiger partial charge in [0.25, 0.3) is 5.56 Å². The summed E-state index contributed by atoms with van der Waals surface area (Å²) in [4.78, 5) is 40.5. The third-order valence-electron chi connectivity index (χ3n) is 4.89. The first-order valence-corrected chi connectivity index (χ1v) is 9.04. The van der Waals surface area contributed by atoms with Crippen molar-refractivity contribution in [3.05, 3.63) is 79.1 Å². The highest BCUT2D eigenvalue weighted by Gasteiger charge is 2.24. The highest BCUT2D eigenvalue weighted by molar-refractivity contribution is 6.09. The molecule has 1 aliphatic rings. The van der Waals surface area contributed by atoms with E-state index in [9.17, 15) is 14.4 Å². The van der Waals surface area contributed by atoms with E-state index >= 15 is 0 Å². The standard InChI is InChI=1S/C21H24N2O3/c1-4-17-18(19(24)16-10-13(2)9-14(3)11-16)23(21(26)22-20(17)25)12-15-7-5-6-8-15/h5-6,9-11,15H,4,7-8,12H2,1-3H3,(H,22,25,26). The predicted octanol–water partition coefficient (Wildman–Crippen LogP) is 2.91. The zero-order chi connectivity index (χ0) is 18.8. The van der Waals surface area contributed by atoms with Crippen LogP contribution in [0, 0.1) is 19.8 Å². The summed E-state index contributed by atoms with van der Waals surface area (Å²) >= 11 is 0. The van der Waals surface area contributed by atoms with Gasteiger partial charge in [-0.3, -0.25) is 19.1 Å². The molecule has 2 aromatic rings. The molecule has 0 fully saturated rings. The van der Waals surface area contributed by atoms with Gasteiger partial charge < -0.3 is 0 Å². The van der Waals surface area contributed by atoms with Crippen LogP contribution in [0.5, 0.6) is 0 Å². The number of allylic oxidation sites excluding steroid dienone is 2. The molecule has 1 N–H and O–H groups in total. The highest BCUT2D eigenvalue weighted by Crippen LogP contribution is 2.21. The van der Waals surface area contributed by atoms with Crippen molar-refractivity contribution in [1.82, 2.24) is 9.55 Å². The lowest BCUT2D eigenvalue weighted by Gasteiger charge is -2.18. The van der Waals surface area contributed by atoms with Gasteiger partial charge in [0.1, 0.15) is 5.69 Å². The van der Waals surface area contributed by atoms with Gasteiger partial charge in [-0.05, 0) is 51.2 Å². The molecule has 0 saturated heterocycles. The lowest BCUT2D eigenvalue weighted by Crippen LogP contribution is -2.38. The number of aromatic nitrogens is 2. The molecule has 0 radical (unpaired) electrons. The maximum Gasteiger partial charge on any atom is 0.328 e. The molecule has 0 aliphatic heterocycles. The van der Waals surface area contributed by atoms with Gasteiger partial charge in [-0.1, -0.05) is 36.3 Å². The monoisotopic (exact) mass is 352 g/mol. The van der Waals surface area contributed by atoms with Crippen LogP contribution in [0.2, 0.25) is 0 Å². The molecule has 5 heteroatoms. The van der Waals surface area contributed by atoms with E-state index in [4.69, 9.17) is 0 Å². The second kappa shape index (κ2) is 7.28. The number of carbonyl (C=O) groups excluding carboxylic acids is 1. The average molecular weight is 352 g/mol. The molecule has 5 nitrogen and oxygen atoms in total. The fourth-order valence-electron chi connectivity index (χ4n) is 3.70. The molecule has 0 saturated carbocycles. The molecule has 0 amide bonds. The number of rotatable bonds is 5. The van der Waals surface area contributed by atoms with Crippen LogP contribution < -0.4 is 11.2 Å². The van der Waals surface area contributed by atoms with Crippen molar-refractivity contribution in [1.29, 1.82) is 0 Å². The molecule has 0 bridgehead atoms. The van der Waals surface area contributed by atoms with Crippen molar-refractivity contribution in [3.8, 4) is 0 Å². The molecule has 1 aromatic heterocycles. The number of benzene rings is 1. The largest absolute Gasteiger partial charge is 0.328 e. The summed E-state index contributed by atoms with van der Waals surface area (Å²) < 4.78 is 1.47. The van der Waals surface area contributed by atoms with Gasteiger partial charge in [-0.2, -0.15) is 0 Å². The van der Waals surface area contributed by atoms with Gasteiger partial charge in [-0.15, -0.1) is 0 Å². The van der Waals surface area contributed by atoms with E-state index in [-0.39, 0.29) is 17.4 Å². The van der Waals surface area contributed by atoms with Crippen LogP contribution in [-0.2, 0) is 13.0 Å². The molecule has 1 heterocycles. The number of carbonyl (C=O) groups is 1. The minimum absolute atomic E-state index is 0.234. The smallest absolute Gasteiger partial charge is 0.290 e. The zero-order valence-electron chi connectivity index (χ0n) is 15.5. The Morgan fingerprint density at radius 3 is 2.31 bits per heavy atom. The quantitative estimate of drug-likeness (QED) is 0.664. The second-order valence-corrected chi connectivity index (χ2v) is 7.06. The van der Waals surface area contributed by atoms with Crippen LogP contribution >= 0.6 is 0 Å². The number of hydrogen-bond donors (Lipinski definition) is 1. The molecule has 1 aliphatic carbocycles. The fourth-order valence-corrected chi connectivity index (χ4v) is 3.70. The average Bonchev–Trinajstić information content (AvgIpc) is 3.08. The molecule has 0 atom stereocenters. The van der Waals surface area contributed by atoms with Gasteiger partial charge in [0.15, 0.2) is 0 Å². The summed E-state index contributed by atoms with van der Waals surface area (Å²) in [5.74, 6) is 0.0110. The Hall–Kier alpha value is -2.69. The number of nitrogens with one attached hydrogen (secondary N) is 1. The van der Waals surface area contributed by atoms with Crippen LogP contribution in [0.15, 0.2) is 39.9 Å². The van der Waals surface area contributed by atoms with E-state index in [1.54, 1.807) is 0 Å². The molecule has 3 rings (SSSR count). The number of aromatic amines is 1. The molecular formula is C21H24N2O3. The number of aryl methyl sites for hydroxylation is 2.